The Kier molecular flexibility index (Phi) is 3.92. The van der Waals surface area contributed by atoms with Crippen LogP contribution in [0.2, 0.25) is 0 Å². The lowest BCUT2D eigenvalue weighted by Gasteiger charge is -2.41. The summed E-state index contributed by atoms with van der Waals surface area (Å²) in [7, 11) is 2.09. The summed E-state index contributed by atoms with van der Waals surface area (Å²) < 4.78 is 0. The van der Waals surface area contributed by atoms with Crippen LogP contribution in [-0.2, 0) is 6.42 Å². The summed E-state index contributed by atoms with van der Waals surface area (Å²) in [5.74, 6) is 1.95. The third-order valence-electron chi connectivity index (χ3n) is 5.85. The number of aryl methyl sites for hydroxylation is 1. The minimum atomic E-state index is 0.548. The van der Waals surface area contributed by atoms with Crippen molar-refractivity contribution in [2.24, 2.45) is 11.8 Å². The van der Waals surface area contributed by atoms with Crippen LogP contribution >= 0.6 is 11.3 Å². The molecule has 1 saturated heterocycles. The van der Waals surface area contributed by atoms with Gasteiger partial charge < -0.3 is 10.2 Å². The average molecular weight is 305 g/mol. The zero-order valence-corrected chi connectivity index (χ0v) is 13.9. The highest BCUT2D eigenvalue weighted by atomic mass is 32.1. The summed E-state index contributed by atoms with van der Waals surface area (Å²) >= 11 is 1.97. The van der Waals surface area contributed by atoms with E-state index in [1.54, 1.807) is 0 Å². The Bertz CT molecular complexity index is 498. The summed E-state index contributed by atoms with van der Waals surface area (Å²) in [6.45, 7) is 2.50. The van der Waals surface area contributed by atoms with Crippen molar-refractivity contribution in [3.8, 4) is 0 Å². The normalized spacial score (nSPS) is 32.6. The third kappa shape index (κ3) is 2.61. The molecular weight excluding hydrogens is 278 g/mol. The smallest absolute Gasteiger partial charge is 0.185 e. The SMILES string of the molecule is CNC1CCCc2nc(N3CCC4CCCCC4C3)sc21. The van der Waals surface area contributed by atoms with Crippen molar-refractivity contribution in [1.29, 1.82) is 0 Å². The number of hydrogen-bond acceptors (Lipinski definition) is 4. The van der Waals surface area contributed by atoms with Gasteiger partial charge in [0.2, 0.25) is 0 Å². The second kappa shape index (κ2) is 5.88. The Morgan fingerprint density at radius 1 is 1.10 bits per heavy atom. The van der Waals surface area contributed by atoms with E-state index in [9.17, 15) is 0 Å². The second-order valence-electron chi connectivity index (χ2n) is 7.08. The molecule has 1 saturated carbocycles. The molecule has 4 rings (SSSR count). The van der Waals surface area contributed by atoms with E-state index in [2.05, 4.69) is 17.3 Å². The predicted octanol–water partition coefficient (Wildman–Crippen LogP) is 3.76. The first kappa shape index (κ1) is 14.0. The molecule has 3 unspecified atom stereocenters. The van der Waals surface area contributed by atoms with E-state index in [4.69, 9.17) is 4.98 Å². The van der Waals surface area contributed by atoms with Gasteiger partial charge in [-0.1, -0.05) is 30.6 Å². The zero-order chi connectivity index (χ0) is 14.2. The maximum Gasteiger partial charge on any atom is 0.185 e. The topological polar surface area (TPSA) is 28.2 Å². The van der Waals surface area contributed by atoms with Crippen LogP contribution in [0.3, 0.4) is 0 Å². The van der Waals surface area contributed by atoms with Gasteiger partial charge in [0.1, 0.15) is 0 Å². The summed E-state index contributed by atoms with van der Waals surface area (Å²) in [5, 5.41) is 4.78. The standard InChI is InChI=1S/C17H27N3S/c1-18-14-7-4-8-15-16(14)21-17(19-15)20-10-9-12-5-2-3-6-13(12)11-20/h12-14,18H,2-11H2,1H3. The number of thiazole rings is 1. The minimum Gasteiger partial charge on any atom is -0.348 e. The highest BCUT2D eigenvalue weighted by molar-refractivity contribution is 7.15. The van der Waals surface area contributed by atoms with E-state index >= 15 is 0 Å². The molecule has 0 bridgehead atoms. The van der Waals surface area contributed by atoms with Gasteiger partial charge in [0, 0.05) is 24.0 Å². The van der Waals surface area contributed by atoms with E-state index in [1.165, 1.54) is 80.2 Å². The van der Waals surface area contributed by atoms with Gasteiger partial charge in [-0.2, -0.15) is 0 Å². The van der Waals surface area contributed by atoms with Crippen molar-refractivity contribution < 1.29 is 0 Å². The van der Waals surface area contributed by atoms with Crippen molar-refractivity contribution in [2.45, 2.75) is 57.4 Å². The average Bonchev–Trinajstić information content (AvgIpc) is 2.98. The first-order valence-electron chi connectivity index (χ1n) is 8.77. The molecule has 0 amide bonds. The molecule has 1 aromatic heterocycles. The van der Waals surface area contributed by atoms with E-state index in [-0.39, 0.29) is 0 Å². The van der Waals surface area contributed by atoms with Gasteiger partial charge in [0.15, 0.2) is 5.13 Å². The van der Waals surface area contributed by atoms with E-state index in [0.717, 1.165) is 11.8 Å². The molecule has 3 aliphatic rings. The van der Waals surface area contributed by atoms with Crippen molar-refractivity contribution in [3.63, 3.8) is 0 Å². The molecule has 3 atom stereocenters. The van der Waals surface area contributed by atoms with Crippen LogP contribution in [0, 0.1) is 11.8 Å². The fourth-order valence-corrected chi connectivity index (χ4v) is 5.88. The summed E-state index contributed by atoms with van der Waals surface area (Å²) in [6.07, 6.45) is 11.0. The van der Waals surface area contributed by atoms with Gasteiger partial charge >= 0.3 is 0 Å². The second-order valence-corrected chi connectivity index (χ2v) is 8.09. The number of hydrogen-bond donors (Lipinski definition) is 1. The first-order valence-corrected chi connectivity index (χ1v) is 9.58. The molecule has 1 aromatic rings. The fraction of sp³-hybridized carbons (Fsp3) is 0.824. The van der Waals surface area contributed by atoms with Gasteiger partial charge in [-0.3, -0.25) is 0 Å². The lowest BCUT2D eigenvalue weighted by Crippen LogP contribution is -2.41. The molecule has 21 heavy (non-hydrogen) atoms. The van der Waals surface area contributed by atoms with Crippen LogP contribution in [0.4, 0.5) is 5.13 Å². The molecule has 0 radical (unpaired) electrons. The van der Waals surface area contributed by atoms with Crippen LogP contribution in [-0.4, -0.2) is 25.1 Å². The first-order chi connectivity index (χ1) is 10.3. The lowest BCUT2D eigenvalue weighted by atomic mass is 9.75. The van der Waals surface area contributed by atoms with Gasteiger partial charge in [-0.25, -0.2) is 4.98 Å². The Hall–Kier alpha value is -0.610. The van der Waals surface area contributed by atoms with E-state index in [1.807, 2.05) is 11.3 Å². The largest absolute Gasteiger partial charge is 0.348 e. The molecule has 0 aromatic carbocycles. The molecule has 2 aliphatic carbocycles. The molecule has 1 aliphatic heterocycles. The molecule has 116 valence electrons. The van der Waals surface area contributed by atoms with Crippen molar-refractivity contribution in [1.82, 2.24) is 10.3 Å². The molecule has 2 fully saturated rings. The summed E-state index contributed by atoms with van der Waals surface area (Å²) in [6, 6.07) is 0.548. The number of fused-ring (bicyclic) bond motifs is 2. The highest BCUT2D eigenvalue weighted by Crippen LogP contribution is 2.41. The van der Waals surface area contributed by atoms with Crippen molar-refractivity contribution in [2.75, 3.05) is 25.0 Å². The van der Waals surface area contributed by atoms with Gasteiger partial charge in [-0.15, -0.1) is 0 Å². The lowest BCUT2D eigenvalue weighted by molar-refractivity contribution is 0.202. The highest BCUT2D eigenvalue weighted by Gasteiger charge is 2.33. The summed E-state index contributed by atoms with van der Waals surface area (Å²) in [4.78, 5) is 9.13. The number of piperidine rings is 1. The third-order valence-corrected chi connectivity index (χ3v) is 7.12. The number of nitrogens with zero attached hydrogens (tertiary/aromatic N) is 2. The van der Waals surface area contributed by atoms with Crippen LogP contribution in [0.15, 0.2) is 0 Å². The Labute approximate surface area is 132 Å². The molecule has 3 nitrogen and oxygen atoms in total. The molecular formula is C17H27N3S. The molecule has 2 heterocycles. The molecule has 1 N–H and O–H groups in total. The maximum absolute atomic E-state index is 5.01. The number of rotatable bonds is 2. The molecule has 4 heteroatoms. The van der Waals surface area contributed by atoms with Crippen LogP contribution in [0.1, 0.15) is 61.6 Å². The van der Waals surface area contributed by atoms with Gasteiger partial charge in [-0.05, 0) is 51.0 Å². The predicted molar refractivity (Wildman–Crippen MR) is 89.1 cm³/mol. The monoisotopic (exact) mass is 305 g/mol. The Morgan fingerprint density at radius 3 is 2.81 bits per heavy atom. The van der Waals surface area contributed by atoms with Gasteiger partial charge in [0.05, 0.1) is 5.69 Å². The quantitative estimate of drug-likeness (QED) is 0.902. The van der Waals surface area contributed by atoms with Crippen LogP contribution in [0.5, 0.6) is 0 Å². The Balaban J connectivity index is 1.53. The van der Waals surface area contributed by atoms with Crippen molar-refractivity contribution >= 4 is 16.5 Å². The Morgan fingerprint density at radius 2 is 1.95 bits per heavy atom. The maximum atomic E-state index is 5.01. The van der Waals surface area contributed by atoms with Crippen LogP contribution in [0.25, 0.3) is 0 Å². The van der Waals surface area contributed by atoms with E-state index < -0.39 is 0 Å². The zero-order valence-electron chi connectivity index (χ0n) is 13.1. The minimum absolute atomic E-state index is 0.548. The van der Waals surface area contributed by atoms with Crippen LogP contribution < -0.4 is 10.2 Å². The number of nitrogens with one attached hydrogen (secondary N) is 1. The van der Waals surface area contributed by atoms with E-state index in [0.29, 0.717) is 6.04 Å². The number of aromatic nitrogens is 1. The number of anilines is 1. The van der Waals surface area contributed by atoms with Gasteiger partial charge in [0.25, 0.3) is 0 Å². The summed E-state index contributed by atoms with van der Waals surface area (Å²) in [5.41, 5.74) is 1.38. The fourth-order valence-electron chi connectivity index (χ4n) is 4.59. The molecule has 0 spiro atoms. The van der Waals surface area contributed by atoms with Crippen molar-refractivity contribution in [3.05, 3.63) is 10.6 Å².